The van der Waals surface area contributed by atoms with Crippen molar-refractivity contribution in [2.75, 3.05) is 19.6 Å². The van der Waals surface area contributed by atoms with Gasteiger partial charge in [0.2, 0.25) is 0 Å². The van der Waals surface area contributed by atoms with Crippen LogP contribution in [-0.4, -0.2) is 34.2 Å². The lowest BCUT2D eigenvalue weighted by molar-refractivity contribution is 0.0387. The molecule has 3 aromatic rings. The van der Waals surface area contributed by atoms with Crippen LogP contribution < -0.4 is 0 Å². The molecular weight excluding hydrogens is 351 g/mol. The van der Waals surface area contributed by atoms with Gasteiger partial charge in [-0.05, 0) is 62.2 Å². The second kappa shape index (κ2) is 7.34. The standard InChI is InChI=1S/C24H29FN2O/c1-4-26-13-11-20-21-15-17(2)5-10-22(21)27(23(20)12-14-26)16-24(3,28)18-6-8-19(25)9-7-18/h5-10,15,28H,4,11-14,16H2,1-3H3. The molecule has 28 heavy (non-hydrogen) atoms. The summed E-state index contributed by atoms with van der Waals surface area (Å²) in [6.45, 7) is 9.80. The van der Waals surface area contributed by atoms with Gasteiger partial charge in [0.05, 0.1) is 6.54 Å². The summed E-state index contributed by atoms with van der Waals surface area (Å²) in [5.41, 5.74) is 4.86. The van der Waals surface area contributed by atoms with Crippen molar-refractivity contribution < 1.29 is 9.50 Å². The van der Waals surface area contributed by atoms with E-state index < -0.39 is 5.60 Å². The number of hydrogen-bond donors (Lipinski definition) is 1. The Morgan fingerprint density at radius 2 is 1.79 bits per heavy atom. The molecule has 1 aliphatic heterocycles. The number of aryl methyl sites for hydroxylation is 1. The Hall–Kier alpha value is -2.17. The quantitative estimate of drug-likeness (QED) is 0.726. The maximum Gasteiger partial charge on any atom is 0.123 e. The van der Waals surface area contributed by atoms with Gasteiger partial charge in [0.25, 0.3) is 0 Å². The normalized spacial score (nSPS) is 17.3. The van der Waals surface area contributed by atoms with Crippen LogP contribution in [0.5, 0.6) is 0 Å². The predicted octanol–water partition coefficient (Wildman–Crippen LogP) is 4.42. The highest BCUT2D eigenvalue weighted by Crippen LogP contribution is 2.33. The van der Waals surface area contributed by atoms with E-state index in [0.29, 0.717) is 6.54 Å². The fourth-order valence-corrected chi connectivity index (χ4v) is 4.51. The lowest BCUT2D eigenvalue weighted by atomic mass is 9.95. The summed E-state index contributed by atoms with van der Waals surface area (Å²) in [5, 5.41) is 12.6. The zero-order valence-corrected chi connectivity index (χ0v) is 17.0. The zero-order chi connectivity index (χ0) is 19.9. The first-order valence-electron chi connectivity index (χ1n) is 10.2. The molecule has 0 aliphatic carbocycles. The summed E-state index contributed by atoms with van der Waals surface area (Å²) in [4.78, 5) is 2.49. The number of benzene rings is 2. The first-order chi connectivity index (χ1) is 13.4. The van der Waals surface area contributed by atoms with E-state index in [4.69, 9.17) is 0 Å². The third kappa shape index (κ3) is 3.47. The smallest absolute Gasteiger partial charge is 0.123 e. The van der Waals surface area contributed by atoms with Crippen LogP contribution in [-0.2, 0) is 25.0 Å². The number of aliphatic hydroxyl groups is 1. The summed E-state index contributed by atoms with van der Waals surface area (Å²) in [6.07, 6.45) is 2.02. The fourth-order valence-electron chi connectivity index (χ4n) is 4.51. The van der Waals surface area contributed by atoms with Crippen molar-refractivity contribution in [3.05, 3.63) is 70.7 Å². The molecule has 1 unspecified atom stereocenters. The van der Waals surface area contributed by atoms with E-state index >= 15 is 0 Å². The van der Waals surface area contributed by atoms with Gasteiger partial charge in [0, 0.05) is 36.1 Å². The van der Waals surface area contributed by atoms with Crippen molar-refractivity contribution in [1.82, 2.24) is 9.47 Å². The highest BCUT2D eigenvalue weighted by molar-refractivity contribution is 5.86. The molecule has 0 spiro atoms. The molecule has 2 aromatic carbocycles. The lowest BCUT2D eigenvalue weighted by Crippen LogP contribution is -2.29. The van der Waals surface area contributed by atoms with E-state index in [2.05, 4.69) is 41.5 Å². The Bertz CT molecular complexity index is 988. The van der Waals surface area contributed by atoms with Gasteiger partial charge < -0.3 is 14.6 Å². The molecule has 1 aromatic heterocycles. The molecule has 0 fully saturated rings. The summed E-state index contributed by atoms with van der Waals surface area (Å²) in [5.74, 6) is -0.282. The summed E-state index contributed by atoms with van der Waals surface area (Å²) in [6, 6.07) is 12.8. The largest absolute Gasteiger partial charge is 0.384 e. The van der Waals surface area contributed by atoms with E-state index in [1.807, 2.05) is 6.92 Å². The predicted molar refractivity (Wildman–Crippen MR) is 112 cm³/mol. The zero-order valence-electron chi connectivity index (χ0n) is 17.0. The second-order valence-corrected chi connectivity index (χ2v) is 8.25. The minimum absolute atomic E-state index is 0.282. The molecule has 1 aliphatic rings. The number of nitrogens with zero attached hydrogens (tertiary/aromatic N) is 2. The molecule has 0 saturated carbocycles. The van der Waals surface area contributed by atoms with Gasteiger partial charge in [-0.3, -0.25) is 0 Å². The number of likely N-dealkylation sites (N-methyl/N-ethyl adjacent to an activating group) is 1. The van der Waals surface area contributed by atoms with Gasteiger partial charge in [-0.2, -0.15) is 0 Å². The van der Waals surface area contributed by atoms with Gasteiger partial charge in [0.15, 0.2) is 0 Å². The molecule has 148 valence electrons. The van der Waals surface area contributed by atoms with Gasteiger partial charge in [-0.1, -0.05) is 30.7 Å². The summed E-state index contributed by atoms with van der Waals surface area (Å²) in [7, 11) is 0. The van der Waals surface area contributed by atoms with Crippen LogP contribution in [0.2, 0.25) is 0 Å². The van der Waals surface area contributed by atoms with Crippen molar-refractivity contribution >= 4 is 10.9 Å². The van der Waals surface area contributed by atoms with E-state index in [9.17, 15) is 9.50 Å². The first-order valence-corrected chi connectivity index (χ1v) is 10.2. The monoisotopic (exact) mass is 380 g/mol. The van der Waals surface area contributed by atoms with Crippen LogP contribution in [0.3, 0.4) is 0 Å². The molecular formula is C24H29FN2O. The second-order valence-electron chi connectivity index (χ2n) is 8.25. The van der Waals surface area contributed by atoms with E-state index in [0.717, 1.165) is 38.0 Å². The molecule has 1 N–H and O–H groups in total. The van der Waals surface area contributed by atoms with E-state index in [-0.39, 0.29) is 5.82 Å². The number of rotatable bonds is 4. The van der Waals surface area contributed by atoms with Crippen LogP contribution in [0.25, 0.3) is 10.9 Å². The van der Waals surface area contributed by atoms with Crippen molar-refractivity contribution in [3.8, 4) is 0 Å². The van der Waals surface area contributed by atoms with Crippen LogP contribution in [0, 0.1) is 12.7 Å². The number of aromatic nitrogens is 1. The summed E-state index contributed by atoms with van der Waals surface area (Å²) >= 11 is 0. The third-order valence-electron chi connectivity index (χ3n) is 6.16. The maximum atomic E-state index is 13.3. The average Bonchev–Trinajstić information content (AvgIpc) is 2.82. The summed E-state index contributed by atoms with van der Waals surface area (Å²) < 4.78 is 15.6. The van der Waals surface area contributed by atoms with Gasteiger partial charge in [0.1, 0.15) is 11.4 Å². The van der Waals surface area contributed by atoms with E-state index in [1.54, 1.807) is 12.1 Å². The number of hydrogen-bond acceptors (Lipinski definition) is 2. The minimum Gasteiger partial charge on any atom is -0.384 e. The molecule has 0 radical (unpaired) electrons. The molecule has 0 saturated heterocycles. The first kappa shape index (κ1) is 19.2. The van der Waals surface area contributed by atoms with Crippen molar-refractivity contribution in [2.24, 2.45) is 0 Å². The number of halogens is 1. The molecule has 0 amide bonds. The van der Waals surface area contributed by atoms with Crippen LogP contribution in [0.4, 0.5) is 4.39 Å². The molecule has 3 nitrogen and oxygen atoms in total. The van der Waals surface area contributed by atoms with Crippen LogP contribution in [0.1, 0.15) is 36.2 Å². The van der Waals surface area contributed by atoms with Crippen molar-refractivity contribution in [1.29, 1.82) is 0 Å². The lowest BCUT2D eigenvalue weighted by Gasteiger charge is -2.27. The Balaban J connectivity index is 1.80. The Morgan fingerprint density at radius 3 is 2.50 bits per heavy atom. The fraction of sp³-hybridized carbons (Fsp3) is 0.417. The van der Waals surface area contributed by atoms with Crippen LogP contribution in [0.15, 0.2) is 42.5 Å². The van der Waals surface area contributed by atoms with Crippen LogP contribution >= 0.6 is 0 Å². The number of fused-ring (bicyclic) bond motifs is 3. The maximum absolute atomic E-state index is 13.3. The van der Waals surface area contributed by atoms with Gasteiger partial charge >= 0.3 is 0 Å². The van der Waals surface area contributed by atoms with E-state index in [1.165, 1.54) is 39.9 Å². The highest BCUT2D eigenvalue weighted by atomic mass is 19.1. The highest BCUT2D eigenvalue weighted by Gasteiger charge is 2.28. The molecule has 2 heterocycles. The average molecular weight is 381 g/mol. The topological polar surface area (TPSA) is 28.4 Å². The van der Waals surface area contributed by atoms with Crippen molar-refractivity contribution in [2.45, 2.75) is 45.8 Å². The van der Waals surface area contributed by atoms with Gasteiger partial charge in [-0.15, -0.1) is 0 Å². The SMILES string of the molecule is CCN1CCc2c(n(CC(C)(O)c3ccc(F)cc3)c3ccc(C)cc23)CC1. The molecule has 4 heteroatoms. The third-order valence-corrected chi connectivity index (χ3v) is 6.16. The van der Waals surface area contributed by atoms with Gasteiger partial charge in [-0.25, -0.2) is 4.39 Å². The minimum atomic E-state index is -1.07. The Labute approximate surface area is 166 Å². The van der Waals surface area contributed by atoms with Crippen molar-refractivity contribution in [3.63, 3.8) is 0 Å². The molecule has 1 atom stereocenters. The molecule has 0 bridgehead atoms. The Morgan fingerprint density at radius 1 is 1.07 bits per heavy atom. The molecule has 4 rings (SSSR count). The Kier molecular flexibility index (Phi) is 5.02.